The van der Waals surface area contributed by atoms with Gasteiger partial charge in [0.25, 0.3) is 5.91 Å². The number of aliphatic hydroxyl groups excluding tert-OH is 1. The van der Waals surface area contributed by atoms with Crippen LogP contribution in [-0.2, 0) is 0 Å². The number of benzene rings is 1. The van der Waals surface area contributed by atoms with E-state index in [1.165, 1.54) is 6.07 Å². The van der Waals surface area contributed by atoms with Gasteiger partial charge in [-0.1, -0.05) is 6.07 Å². The SMILES string of the molecule is O=C(c1cccc(OB(O)O)c1)N1CCN(CCO)CC1. The van der Waals surface area contributed by atoms with Gasteiger partial charge in [-0.05, 0) is 18.2 Å². The maximum absolute atomic E-state index is 12.4. The highest BCUT2D eigenvalue weighted by Gasteiger charge is 2.22. The minimum atomic E-state index is -1.91. The highest BCUT2D eigenvalue weighted by molar-refractivity contribution is 6.33. The second-order valence-electron chi connectivity index (χ2n) is 4.83. The van der Waals surface area contributed by atoms with Crippen molar-refractivity contribution in [2.75, 3.05) is 39.3 Å². The van der Waals surface area contributed by atoms with Crippen LogP contribution in [0, 0.1) is 0 Å². The first-order chi connectivity index (χ1) is 10.1. The molecular weight excluding hydrogens is 275 g/mol. The molecule has 0 bridgehead atoms. The normalized spacial score (nSPS) is 15.9. The number of rotatable bonds is 5. The topological polar surface area (TPSA) is 93.5 Å². The highest BCUT2D eigenvalue weighted by Crippen LogP contribution is 2.16. The molecule has 0 unspecified atom stereocenters. The summed E-state index contributed by atoms with van der Waals surface area (Å²) in [6.45, 7) is 3.42. The first-order valence-electron chi connectivity index (χ1n) is 6.85. The second-order valence-corrected chi connectivity index (χ2v) is 4.83. The van der Waals surface area contributed by atoms with E-state index >= 15 is 0 Å². The second kappa shape index (κ2) is 7.42. The largest absolute Gasteiger partial charge is 0.707 e. The molecule has 0 saturated carbocycles. The zero-order valence-electron chi connectivity index (χ0n) is 11.7. The third kappa shape index (κ3) is 4.43. The number of carbonyl (C=O) groups is 1. The molecule has 0 aliphatic carbocycles. The van der Waals surface area contributed by atoms with Gasteiger partial charge in [-0.25, -0.2) is 0 Å². The predicted octanol–water partition coefficient (Wildman–Crippen LogP) is -1.21. The molecule has 1 heterocycles. The van der Waals surface area contributed by atoms with E-state index in [1.807, 2.05) is 0 Å². The number of nitrogens with zero attached hydrogens (tertiary/aromatic N) is 2. The Bertz CT molecular complexity index is 477. The van der Waals surface area contributed by atoms with Crippen molar-refractivity contribution in [1.29, 1.82) is 0 Å². The van der Waals surface area contributed by atoms with Crippen molar-refractivity contribution < 1.29 is 24.6 Å². The maximum atomic E-state index is 12.4. The number of hydrogen-bond acceptors (Lipinski definition) is 6. The lowest BCUT2D eigenvalue weighted by Gasteiger charge is -2.34. The van der Waals surface area contributed by atoms with Gasteiger partial charge in [-0.3, -0.25) is 9.69 Å². The summed E-state index contributed by atoms with van der Waals surface area (Å²) in [5.41, 5.74) is 0.448. The third-order valence-corrected chi connectivity index (χ3v) is 3.40. The molecule has 1 aromatic rings. The van der Waals surface area contributed by atoms with Crippen molar-refractivity contribution in [3.63, 3.8) is 0 Å². The Kier molecular flexibility index (Phi) is 5.57. The summed E-state index contributed by atoms with van der Waals surface area (Å²) in [5.74, 6) is 0.117. The number of aliphatic hydroxyl groups is 1. The first kappa shape index (κ1) is 15.8. The van der Waals surface area contributed by atoms with Crippen LogP contribution in [0.5, 0.6) is 5.75 Å². The summed E-state index contributed by atoms with van der Waals surface area (Å²) >= 11 is 0. The van der Waals surface area contributed by atoms with Crippen LogP contribution in [0.1, 0.15) is 10.4 Å². The van der Waals surface area contributed by atoms with Crippen LogP contribution in [-0.4, -0.2) is 77.5 Å². The Labute approximate surface area is 123 Å². The molecule has 0 aromatic heterocycles. The molecule has 0 atom stereocenters. The van der Waals surface area contributed by atoms with Crippen molar-refractivity contribution in [2.45, 2.75) is 0 Å². The van der Waals surface area contributed by atoms with Crippen molar-refractivity contribution in [3.8, 4) is 5.75 Å². The van der Waals surface area contributed by atoms with Crippen molar-refractivity contribution in [3.05, 3.63) is 29.8 Å². The van der Waals surface area contributed by atoms with Crippen LogP contribution in [0.4, 0.5) is 0 Å². The number of hydrogen-bond donors (Lipinski definition) is 3. The maximum Gasteiger partial charge on any atom is 0.707 e. The zero-order valence-corrected chi connectivity index (χ0v) is 11.7. The summed E-state index contributed by atoms with van der Waals surface area (Å²) < 4.78 is 4.75. The van der Waals surface area contributed by atoms with Gasteiger partial charge in [-0.2, -0.15) is 0 Å². The molecule has 0 spiro atoms. The molecule has 1 aliphatic rings. The molecule has 3 N–H and O–H groups in total. The first-order valence-corrected chi connectivity index (χ1v) is 6.85. The Morgan fingerprint density at radius 2 is 1.95 bits per heavy atom. The standard InChI is InChI=1S/C13H19BN2O5/c17-9-8-15-4-6-16(7-5-15)13(18)11-2-1-3-12(10-11)21-14(19)20/h1-3,10,17,19-20H,4-9H2. The van der Waals surface area contributed by atoms with Crippen LogP contribution >= 0.6 is 0 Å². The van der Waals surface area contributed by atoms with Crippen molar-refractivity contribution in [1.82, 2.24) is 9.80 Å². The highest BCUT2D eigenvalue weighted by atomic mass is 16.6. The van der Waals surface area contributed by atoms with E-state index in [4.69, 9.17) is 19.8 Å². The summed E-state index contributed by atoms with van der Waals surface area (Å²) in [4.78, 5) is 16.2. The molecule has 1 aromatic carbocycles. The lowest BCUT2D eigenvalue weighted by Crippen LogP contribution is -2.49. The molecule has 1 aliphatic heterocycles. The minimum absolute atomic E-state index is 0.114. The quantitative estimate of drug-likeness (QED) is 0.590. The van der Waals surface area contributed by atoms with Gasteiger partial charge in [0.05, 0.1) is 6.61 Å². The Morgan fingerprint density at radius 1 is 1.24 bits per heavy atom. The summed E-state index contributed by atoms with van der Waals surface area (Å²) in [5, 5.41) is 26.4. The van der Waals surface area contributed by atoms with E-state index in [2.05, 4.69) is 4.90 Å². The van der Waals surface area contributed by atoms with Crippen molar-refractivity contribution >= 4 is 13.2 Å². The van der Waals surface area contributed by atoms with Gasteiger partial charge in [0.2, 0.25) is 0 Å². The molecule has 114 valence electrons. The van der Waals surface area contributed by atoms with Gasteiger partial charge >= 0.3 is 7.32 Å². The molecule has 1 saturated heterocycles. The van der Waals surface area contributed by atoms with Crippen LogP contribution in [0.25, 0.3) is 0 Å². The lowest BCUT2D eigenvalue weighted by atomic mass is 10.1. The van der Waals surface area contributed by atoms with Crippen LogP contribution < -0.4 is 4.65 Å². The fraction of sp³-hybridized carbons (Fsp3) is 0.462. The Balaban J connectivity index is 1.97. The van der Waals surface area contributed by atoms with E-state index in [0.29, 0.717) is 25.2 Å². The zero-order chi connectivity index (χ0) is 15.2. The van der Waals surface area contributed by atoms with E-state index in [0.717, 1.165) is 13.1 Å². The van der Waals surface area contributed by atoms with Gasteiger partial charge in [0.1, 0.15) is 5.75 Å². The fourth-order valence-corrected chi connectivity index (χ4v) is 2.32. The fourth-order valence-electron chi connectivity index (χ4n) is 2.32. The summed E-state index contributed by atoms with van der Waals surface area (Å²) in [6.07, 6.45) is 0. The van der Waals surface area contributed by atoms with E-state index < -0.39 is 7.32 Å². The molecule has 2 rings (SSSR count). The lowest BCUT2D eigenvalue weighted by molar-refractivity contribution is 0.0614. The summed E-state index contributed by atoms with van der Waals surface area (Å²) in [6, 6.07) is 6.34. The monoisotopic (exact) mass is 294 g/mol. The molecule has 1 fully saturated rings. The minimum Gasteiger partial charge on any atom is -0.512 e. The number of amides is 1. The van der Waals surface area contributed by atoms with E-state index in [-0.39, 0.29) is 18.3 Å². The average Bonchev–Trinajstić information content (AvgIpc) is 2.47. The van der Waals surface area contributed by atoms with Crippen LogP contribution in [0.3, 0.4) is 0 Å². The predicted molar refractivity (Wildman–Crippen MR) is 76.7 cm³/mol. The molecule has 8 heteroatoms. The van der Waals surface area contributed by atoms with Crippen LogP contribution in [0.15, 0.2) is 24.3 Å². The smallest absolute Gasteiger partial charge is 0.512 e. The Morgan fingerprint density at radius 3 is 2.57 bits per heavy atom. The Hall–Kier alpha value is -1.61. The van der Waals surface area contributed by atoms with E-state index in [1.54, 1.807) is 23.1 Å². The average molecular weight is 294 g/mol. The van der Waals surface area contributed by atoms with Crippen molar-refractivity contribution in [2.24, 2.45) is 0 Å². The molecule has 1 amide bonds. The van der Waals surface area contributed by atoms with Gasteiger partial charge in [0.15, 0.2) is 0 Å². The number of carbonyl (C=O) groups excluding carboxylic acids is 1. The van der Waals surface area contributed by atoms with Gasteiger partial charge in [0, 0.05) is 38.3 Å². The van der Waals surface area contributed by atoms with Gasteiger partial charge < -0.3 is 24.7 Å². The van der Waals surface area contributed by atoms with Gasteiger partial charge in [-0.15, -0.1) is 0 Å². The molecule has 0 radical (unpaired) electrons. The molecule has 21 heavy (non-hydrogen) atoms. The molecular formula is C13H19BN2O5. The molecule has 7 nitrogen and oxygen atoms in total. The summed E-state index contributed by atoms with van der Waals surface area (Å²) in [7, 11) is -1.91. The third-order valence-electron chi connectivity index (χ3n) is 3.40. The number of β-amino-alcohol motifs (C(OH)–C–C–N with tert-alkyl or cyclic N) is 1. The van der Waals surface area contributed by atoms with Crippen LogP contribution in [0.2, 0.25) is 0 Å². The number of piperazine rings is 1. The van der Waals surface area contributed by atoms with E-state index in [9.17, 15) is 4.79 Å².